The number of hydrogen-bond donors (Lipinski definition) is 0. The second-order valence-electron chi connectivity index (χ2n) is 8.37. The van der Waals surface area contributed by atoms with Crippen molar-refractivity contribution in [2.24, 2.45) is 0 Å². The maximum absolute atomic E-state index is 13.6. The van der Waals surface area contributed by atoms with E-state index in [2.05, 4.69) is 0 Å². The van der Waals surface area contributed by atoms with Crippen LogP contribution in [0.4, 0.5) is 11.4 Å². The molecule has 37 heavy (non-hydrogen) atoms. The Morgan fingerprint density at radius 2 is 1.76 bits per heavy atom. The number of rotatable bonds is 6. The Labute approximate surface area is 210 Å². The number of benzene rings is 3. The molecule has 1 atom stereocenters. The van der Waals surface area contributed by atoms with Gasteiger partial charge in [-0.2, -0.15) is 5.26 Å². The number of ether oxygens (including phenoxy) is 2. The average molecular weight is 498 g/mol. The molecule has 0 aliphatic carbocycles. The van der Waals surface area contributed by atoms with Gasteiger partial charge in [0.05, 0.1) is 28.7 Å². The van der Waals surface area contributed by atoms with Gasteiger partial charge in [-0.1, -0.05) is 6.07 Å². The molecule has 0 bridgehead atoms. The van der Waals surface area contributed by atoms with Crippen LogP contribution in [0.1, 0.15) is 27.9 Å². The zero-order chi connectivity index (χ0) is 26.1. The highest BCUT2D eigenvalue weighted by Gasteiger charge is 2.44. The van der Waals surface area contributed by atoms with Gasteiger partial charge in [-0.25, -0.2) is 4.90 Å². The lowest BCUT2D eigenvalue weighted by Gasteiger charge is -2.28. The molecule has 1 fully saturated rings. The van der Waals surface area contributed by atoms with Crippen LogP contribution in [-0.2, 0) is 16.1 Å². The van der Waals surface area contributed by atoms with Crippen LogP contribution in [0.15, 0.2) is 66.7 Å². The van der Waals surface area contributed by atoms with Crippen molar-refractivity contribution in [1.29, 1.82) is 5.26 Å². The SMILES string of the molecule is N#Cc1ccc(N2C(=O)CC(N(Cc3ccc4c(c3)OCO4)C(=O)c3ccc([N+](=O)[O-])cc3)C2=O)cc1. The van der Waals surface area contributed by atoms with Gasteiger partial charge in [0.2, 0.25) is 12.7 Å². The molecule has 0 saturated carbocycles. The minimum absolute atomic E-state index is 0.0304. The molecule has 11 nitrogen and oxygen atoms in total. The number of carbonyl (C=O) groups excluding carboxylic acids is 3. The van der Waals surface area contributed by atoms with Gasteiger partial charge in [0, 0.05) is 24.2 Å². The Balaban J connectivity index is 1.48. The van der Waals surface area contributed by atoms with Gasteiger partial charge in [0.25, 0.3) is 17.5 Å². The summed E-state index contributed by atoms with van der Waals surface area (Å²) in [5.74, 6) is -0.609. The highest BCUT2D eigenvalue weighted by Crippen LogP contribution is 2.34. The molecule has 184 valence electrons. The maximum Gasteiger partial charge on any atom is 0.269 e. The average Bonchev–Trinajstić information content (AvgIpc) is 3.50. The molecule has 5 rings (SSSR count). The topological polar surface area (TPSA) is 143 Å². The number of nitrogens with zero attached hydrogens (tertiary/aromatic N) is 4. The quantitative estimate of drug-likeness (QED) is 0.286. The van der Waals surface area contributed by atoms with Gasteiger partial charge >= 0.3 is 0 Å². The molecule has 0 radical (unpaired) electrons. The smallest absolute Gasteiger partial charge is 0.269 e. The lowest BCUT2D eigenvalue weighted by Crippen LogP contribution is -2.45. The van der Waals surface area contributed by atoms with E-state index in [1.54, 1.807) is 18.2 Å². The fourth-order valence-corrected chi connectivity index (χ4v) is 4.27. The number of hydrogen-bond acceptors (Lipinski definition) is 8. The molecule has 11 heteroatoms. The van der Waals surface area contributed by atoms with E-state index < -0.39 is 28.7 Å². The molecule has 0 aromatic heterocycles. The van der Waals surface area contributed by atoms with Gasteiger partial charge in [-0.3, -0.25) is 24.5 Å². The Kier molecular flexibility index (Phi) is 5.99. The summed E-state index contributed by atoms with van der Waals surface area (Å²) in [6.45, 7) is 0.0384. The summed E-state index contributed by atoms with van der Waals surface area (Å²) in [4.78, 5) is 52.8. The predicted molar refractivity (Wildman–Crippen MR) is 128 cm³/mol. The molecule has 2 aliphatic rings. The van der Waals surface area contributed by atoms with Crippen molar-refractivity contribution in [3.8, 4) is 17.6 Å². The number of fused-ring (bicyclic) bond motifs is 1. The molecular formula is C26H18N4O7. The van der Waals surface area contributed by atoms with E-state index in [4.69, 9.17) is 14.7 Å². The largest absolute Gasteiger partial charge is 0.454 e. The predicted octanol–water partition coefficient (Wildman–Crippen LogP) is 3.17. The van der Waals surface area contributed by atoms with E-state index in [9.17, 15) is 24.5 Å². The van der Waals surface area contributed by atoms with Gasteiger partial charge in [0.15, 0.2) is 11.5 Å². The Morgan fingerprint density at radius 1 is 1.05 bits per heavy atom. The van der Waals surface area contributed by atoms with Crippen molar-refractivity contribution in [2.45, 2.75) is 19.0 Å². The summed E-state index contributed by atoms with van der Waals surface area (Å²) >= 11 is 0. The third-order valence-corrected chi connectivity index (χ3v) is 6.13. The number of imide groups is 1. The second kappa shape index (κ2) is 9.43. The molecule has 1 saturated heterocycles. The van der Waals surface area contributed by atoms with Gasteiger partial charge < -0.3 is 14.4 Å². The first-order valence-electron chi connectivity index (χ1n) is 11.2. The van der Waals surface area contributed by atoms with Crippen LogP contribution in [0.5, 0.6) is 11.5 Å². The van der Waals surface area contributed by atoms with E-state index in [1.165, 1.54) is 53.4 Å². The normalized spacial score (nSPS) is 16.0. The zero-order valence-corrected chi connectivity index (χ0v) is 19.2. The van der Waals surface area contributed by atoms with Crippen molar-refractivity contribution < 1.29 is 28.8 Å². The molecule has 3 aromatic carbocycles. The standard InChI is InChI=1S/C26H18N4O7/c27-13-16-1-6-19(7-2-16)29-24(31)12-21(26(29)33)28(14-17-3-10-22-23(11-17)37-15-36-22)25(32)18-4-8-20(9-5-18)30(34)35/h1-11,21H,12,14-15H2. The van der Waals surface area contributed by atoms with Crippen LogP contribution >= 0.6 is 0 Å². The number of amides is 3. The summed E-state index contributed by atoms with van der Waals surface area (Å²) in [6, 6.07) is 17.0. The minimum Gasteiger partial charge on any atom is -0.454 e. The molecular weight excluding hydrogens is 480 g/mol. The summed E-state index contributed by atoms with van der Waals surface area (Å²) in [6.07, 6.45) is -0.248. The third kappa shape index (κ3) is 4.43. The van der Waals surface area contributed by atoms with Crippen LogP contribution in [-0.4, -0.2) is 40.4 Å². The molecule has 3 amide bonds. The molecule has 0 spiro atoms. The van der Waals surface area contributed by atoms with Gasteiger partial charge in [-0.05, 0) is 54.1 Å². The summed E-state index contributed by atoms with van der Waals surface area (Å²) in [5, 5.41) is 20.1. The van der Waals surface area contributed by atoms with Crippen LogP contribution in [0.3, 0.4) is 0 Å². The van der Waals surface area contributed by atoms with E-state index in [-0.39, 0.29) is 31.0 Å². The number of non-ortho nitro benzene ring substituents is 1. The lowest BCUT2D eigenvalue weighted by molar-refractivity contribution is -0.384. The van der Waals surface area contributed by atoms with Crippen molar-refractivity contribution >= 4 is 29.1 Å². The summed E-state index contributed by atoms with van der Waals surface area (Å²) < 4.78 is 10.7. The molecule has 2 aliphatic heterocycles. The third-order valence-electron chi connectivity index (χ3n) is 6.13. The Bertz CT molecular complexity index is 1460. The van der Waals surface area contributed by atoms with Crippen LogP contribution in [0.25, 0.3) is 0 Å². The van der Waals surface area contributed by atoms with E-state index >= 15 is 0 Å². The molecule has 2 heterocycles. The fraction of sp³-hybridized carbons (Fsp3) is 0.154. The monoisotopic (exact) mass is 498 g/mol. The van der Waals surface area contributed by atoms with Gasteiger partial charge in [0.1, 0.15) is 6.04 Å². The minimum atomic E-state index is -1.11. The highest BCUT2D eigenvalue weighted by atomic mass is 16.7. The number of carbonyl (C=O) groups is 3. The summed E-state index contributed by atoms with van der Waals surface area (Å²) in [5.41, 5.74) is 1.25. The van der Waals surface area contributed by atoms with Gasteiger partial charge in [-0.15, -0.1) is 0 Å². The van der Waals surface area contributed by atoms with Crippen molar-refractivity contribution in [2.75, 3.05) is 11.7 Å². The van der Waals surface area contributed by atoms with Crippen LogP contribution in [0.2, 0.25) is 0 Å². The van der Waals surface area contributed by atoms with E-state index in [0.717, 1.165) is 4.90 Å². The van der Waals surface area contributed by atoms with Crippen molar-refractivity contribution in [3.63, 3.8) is 0 Å². The molecule has 1 unspecified atom stereocenters. The maximum atomic E-state index is 13.6. The second-order valence-corrected chi connectivity index (χ2v) is 8.37. The van der Waals surface area contributed by atoms with Crippen molar-refractivity contribution in [3.05, 3.63) is 93.5 Å². The first-order valence-corrected chi connectivity index (χ1v) is 11.2. The Morgan fingerprint density at radius 3 is 2.43 bits per heavy atom. The number of nitriles is 1. The zero-order valence-electron chi connectivity index (χ0n) is 19.2. The number of anilines is 1. The number of nitro benzene ring substituents is 1. The molecule has 0 N–H and O–H groups in total. The van der Waals surface area contributed by atoms with Crippen LogP contribution < -0.4 is 14.4 Å². The first-order chi connectivity index (χ1) is 17.9. The first kappa shape index (κ1) is 23.5. The lowest BCUT2D eigenvalue weighted by atomic mass is 10.1. The molecule has 3 aromatic rings. The van der Waals surface area contributed by atoms with Crippen molar-refractivity contribution in [1.82, 2.24) is 4.90 Å². The highest BCUT2D eigenvalue weighted by molar-refractivity contribution is 6.23. The number of nitro groups is 1. The van der Waals surface area contributed by atoms with E-state index in [0.29, 0.717) is 28.3 Å². The summed E-state index contributed by atoms with van der Waals surface area (Å²) in [7, 11) is 0. The fourth-order valence-electron chi connectivity index (χ4n) is 4.27. The Hall–Kier alpha value is -5.24. The van der Waals surface area contributed by atoms with Crippen LogP contribution in [0, 0.1) is 21.4 Å². The van der Waals surface area contributed by atoms with E-state index in [1.807, 2.05) is 6.07 Å².